The topological polar surface area (TPSA) is 97.0 Å². The first-order valence-electron chi connectivity index (χ1n) is 10.4. The highest BCUT2D eigenvalue weighted by molar-refractivity contribution is 7.89. The lowest BCUT2D eigenvalue weighted by molar-refractivity contribution is 0.0898. The van der Waals surface area contributed by atoms with Crippen LogP contribution in [0.2, 0.25) is 0 Å². The molecule has 2 aliphatic rings. The van der Waals surface area contributed by atoms with Crippen LogP contribution in [0.5, 0.6) is 11.5 Å². The number of sulfonamides is 1. The van der Waals surface area contributed by atoms with Gasteiger partial charge in [0.1, 0.15) is 13.2 Å². The minimum Gasteiger partial charge on any atom is -0.486 e. The molecule has 8 nitrogen and oxygen atoms in total. The van der Waals surface area contributed by atoms with Crippen LogP contribution in [0.3, 0.4) is 0 Å². The Kier molecular flexibility index (Phi) is 6.45. The number of carbonyl (C=O) groups excluding carboxylic acids is 1. The normalized spacial score (nSPS) is 17.3. The van der Waals surface area contributed by atoms with Gasteiger partial charge in [-0.05, 0) is 31.5 Å². The van der Waals surface area contributed by atoms with E-state index in [1.54, 1.807) is 0 Å². The maximum atomic E-state index is 13.0. The van der Waals surface area contributed by atoms with Crippen molar-refractivity contribution in [2.45, 2.75) is 30.3 Å². The van der Waals surface area contributed by atoms with Crippen LogP contribution in [-0.4, -0.2) is 58.6 Å². The maximum Gasteiger partial charge on any atom is 0.255 e. The number of nitrogens with one attached hydrogen (secondary N) is 2. The SMILES string of the molecule is CNS(=O)(=O)c1cc2c(c(C(=O)NC3CCN(Cc4ccccc4)CC3)c1)OCCO2. The zero-order valence-electron chi connectivity index (χ0n) is 17.5. The van der Waals surface area contributed by atoms with Crippen LogP contribution in [0.25, 0.3) is 0 Å². The van der Waals surface area contributed by atoms with Gasteiger partial charge in [-0.3, -0.25) is 9.69 Å². The second kappa shape index (κ2) is 9.25. The van der Waals surface area contributed by atoms with Gasteiger partial charge in [-0.25, -0.2) is 13.1 Å². The van der Waals surface area contributed by atoms with Crippen molar-refractivity contribution >= 4 is 15.9 Å². The minimum atomic E-state index is -3.73. The predicted octanol–water partition coefficient (Wildman–Crippen LogP) is 1.76. The summed E-state index contributed by atoms with van der Waals surface area (Å²) in [6.07, 6.45) is 1.65. The largest absolute Gasteiger partial charge is 0.486 e. The van der Waals surface area contributed by atoms with Crippen molar-refractivity contribution in [3.8, 4) is 11.5 Å². The Morgan fingerprint density at radius 3 is 2.52 bits per heavy atom. The lowest BCUT2D eigenvalue weighted by Crippen LogP contribution is -2.44. The summed E-state index contributed by atoms with van der Waals surface area (Å²) in [4.78, 5) is 15.4. The van der Waals surface area contributed by atoms with E-state index >= 15 is 0 Å². The molecule has 0 atom stereocenters. The van der Waals surface area contributed by atoms with Crippen LogP contribution in [-0.2, 0) is 16.6 Å². The van der Waals surface area contributed by atoms with Gasteiger partial charge < -0.3 is 14.8 Å². The average Bonchev–Trinajstić information content (AvgIpc) is 2.80. The van der Waals surface area contributed by atoms with Crippen molar-refractivity contribution in [2.75, 3.05) is 33.4 Å². The van der Waals surface area contributed by atoms with Gasteiger partial charge in [0.15, 0.2) is 11.5 Å². The van der Waals surface area contributed by atoms with Crippen molar-refractivity contribution in [3.05, 3.63) is 53.6 Å². The number of amides is 1. The molecule has 166 valence electrons. The molecule has 0 aromatic heterocycles. The quantitative estimate of drug-likeness (QED) is 0.703. The van der Waals surface area contributed by atoms with Crippen molar-refractivity contribution < 1.29 is 22.7 Å². The number of fused-ring (bicyclic) bond motifs is 1. The van der Waals surface area contributed by atoms with Crippen LogP contribution in [0, 0.1) is 0 Å². The van der Waals surface area contributed by atoms with Crippen LogP contribution in [0.4, 0.5) is 0 Å². The van der Waals surface area contributed by atoms with E-state index in [-0.39, 0.29) is 28.2 Å². The van der Waals surface area contributed by atoms with E-state index in [0.29, 0.717) is 19.0 Å². The smallest absolute Gasteiger partial charge is 0.255 e. The fourth-order valence-corrected chi connectivity index (χ4v) is 4.68. The maximum absolute atomic E-state index is 13.0. The molecule has 2 aromatic carbocycles. The summed E-state index contributed by atoms with van der Waals surface area (Å²) >= 11 is 0. The molecule has 1 fully saturated rings. The van der Waals surface area contributed by atoms with Crippen LogP contribution in [0.1, 0.15) is 28.8 Å². The van der Waals surface area contributed by atoms with Crippen molar-refractivity contribution in [3.63, 3.8) is 0 Å². The van der Waals surface area contributed by atoms with E-state index < -0.39 is 10.0 Å². The van der Waals surface area contributed by atoms with Crippen LogP contribution < -0.4 is 19.5 Å². The molecule has 0 radical (unpaired) electrons. The zero-order chi connectivity index (χ0) is 21.8. The number of likely N-dealkylation sites (tertiary alicyclic amines) is 1. The highest BCUT2D eigenvalue weighted by Gasteiger charge is 2.28. The molecule has 2 aromatic rings. The van der Waals surface area contributed by atoms with E-state index in [4.69, 9.17) is 9.47 Å². The first kappa shape index (κ1) is 21.6. The van der Waals surface area contributed by atoms with Crippen molar-refractivity contribution in [1.82, 2.24) is 14.9 Å². The first-order chi connectivity index (χ1) is 15.0. The Labute approximate surface area is 182 Å². The Hall–Kier alpha value is -2.62. The average molecular weight is 446 g/mol. The molecule has 0 aliphatic carbocycles. The molecule has 2 N–H and O–H groups in total. The fourth-order valence-electron chi connectivity index (χ4n) is 3.91. The van der Waals surface area contributed by atoms with Gasteiger partial charge >= 0.3 is 0 Å². The molecule has 0 spiro atoms. The zero-order valence-corrected chi connectivity index (χ0v) is 18.3. The molecule has 0 bridgehead atoms. The van der Waals surface area contributed by atoms with E-state index in [1.165, 1.54) is 24.7 Å². The van der Waals surface area contributed by atoms with Crippen molar-refractivity contribution in [1.29, 1.82) is 0 Å². The van der Waals surface area contributed by atoms with Gasteiger partial charge in [0.05, 0.1) is 10.5 Å². The monoisotopic (exact) mass is 445 g/mol. The molecule has 4 rings (SSSR count). The third-order valence-corrected chi connectivity index (χ3v) is 7.00. The molecular weight excluding hydrogens is 418 g/mol. The predicted molar refractivity (Wildman–Crippen MR) is 116 cm³/mol. The number of nitrogens with zero attached hydrogens (tertiary/aromatic N) is 1. The third-order valence-electron chi connectivity index (χ3n) is 5.61. The molecule has 0 saturated carbocycles. The number of hydrogen-bond acceptors (Lipinski definition) is 6. The second-order valence-electron chi connectivity index (χ2n) is 7.71. The lowest BCUT2D eigenvalue weighted by atomic mass is 10.0. The Morgan fingerprint density at radius 2 is 1.81 bits per heavy atom. The Bertz CT molecular complexity index is 1030. The van der Waals surface area contributed by atoms with E-state index in [1.807, 2.05) is 18.2 Å². The summed E-state index contributed by atoms with van der Waals surface area (Å²) < 4.78 is 38.1. The minimum absolute atomic E-state index is 0.0178. The highest BCUT2D eigenvalue weighted by atomic mass is 32.2. The van der Waals surface area contributed by atoms with Gasteiger partial charge in [-0.2, -0.15) is 0 Å². The van der Waals surface area contributed by atoms with E-state index in [9.17, 15) is 13.2 Å². The fraction of sp³-hybridized carbons (Fsp3) is 0.409. The molecule has 2 aliphatic heterocycles. The molecule has 9 heteroatoms. The summed E-state index contributed by atoms with van der Waals surface area (Å²) in [5.41, 5.74) is 1.45. The first-order valence-corrected chi connectivity index (χ1v) is 11.9. The number of hydrogen-bond donors (Lipinski definition) is 2. The summed E-state index contributed by atoms with van der Waals surface area (Å²) in [7, 11) is -2.40. The molecule has 1 amide bonds. The van der Waals surface area contributed by atoms with Gasteiger partial charge in [0, 0.05) is 31.7 Å². The molecule has 0 unspecified atom stereocenters. The van der Waals surface area contributed by atoms with Crippen molar-refractivity contribution in [2.24, 2.45) is 0 Å². The Balaban J connectivity index is 1.44. The molecule has 2 heterocycles. The number of piperidine rings is 1. The van der Waals surface area contributed by atoms with Crippen LogP contribution >= 0.6 is 0 Å². The number of benzene rings is 2. The standard InChI is InChI=1S/C22H27N3O5S/c1-23-31(27,28)18-13-19(21-20(14-18)29-11-12-30-21)22(26)24-17-7-9-25(10-8-17)15-16-5-3-2-4-6-16/h2-6,13-14,17,23H,7-12,15H2,1H3,(H,24,26). The number of carbonyl (C=O) groups is 1. The van der Waals surface area contributed by atoms with E-state index in [2.05, 4.69) is 27.1 Å². The summed E-state index contributed by atoms with van der Waals surface area (Å²) in [6.45, 7) is 3.27. The van der Waals surface area contributed by atoms with Gasteiger partial charge in [0.2, 0.25) is 10.0 Å². The third kappa shape index (κ3) is 5.00. The molecular formula is C22H27N3O5S. The summed E-state index contributed by atoms with van der Waals surface area (Å²) in [5, 5.41) is 3.05. The summed E-state index contributed by atoms with van der Waals surface area (Å²) in [6, 6.07) is 13.1. The van der Waals surface area contributed by atoms with Gasteiger partial charge in [0.25, 0.3) is 5.91 Å². The van der Waals surface area contributed by atoms with E-state index in [0.717, 1.165) is 32.5 Å². The Morgan fingerprint density at radius 1 is 1.10 bits per heavy atom. The lowest BCUT2D eigenvalue weighted by Gasteiger charge is -2.32. The van der Waals surface area contributed by atoms with Gasteiger partial charge in [-0.1, -0.05) is 30.3 Å². The molecule has 31 heavy (non-hydrogen) atoms. The van der Waals surface area contributed by atoms with Crippen LogP contribution in [0.15, 0.2) is 47.4 Å². The highest BCUT2D eigenvalue weighted by Crippen LogP contribution is 2.36. The number of ether oxygens (including phenoxy) is 2. The second-order valence-corrected chi connectivity index (χ2v) is 9.60. The summed E-state index contributed by atoms with van der Waals surface area (Å²) in [5.74, 6) is 0.210. The molecule has 1 saturated heterocycles. The number of rotatable bonds is 6. The van der Waals surface area contributed by atoms with Gasteiger partial charge in [-0.15, -0.1) is 0 Å².